The second-order valence-corrected chi connectivity index (χ2v) is 11.4. The van der Waals surface area contributed by atoms with Crippen molar-refractivity contribution in [3.63, 3.8) is 0 Å². The monoisotopic (exact) mass is 527 g/mol. The fourth-order valence-electron chi connectivity index (χ4n) is 5.79. The largest absolute Gasteiger partial charge is 0.390 e. The maximum Gasteiger partial charge on any atom is 0.243 e. The third kappa shape index (κ3) is 8.75. The van der Waals surface area contributed by atoms with E-state index in [2.05, 4.69) is 44.0 Å². The first kappa shape index (κ1) is 29.0. The highest BCUT2D eigenvalue weighted by atomic mass is 16.6. The number of nitrogens with one attached hydrogen (secondary N) is 1. The molecule has 4 rings (SSSR count). The zero-order valence-corrected chi connectivity index (χ0v) is 23.1. The fourth-order valence-corrected chi connectivity index (χ4v) is 5.79. The molecule has 0 aromatic heterocycles. The lowest BCUT2D eigenvalue weighted by Crippen LogP contribution is -2.44. The first-order chi connectivity index (χ1) is 18.3. The van der Waals surface area contributed by atoms with Crippen molar-refractivity contribution < 1.29 is 28.8 Å². The summed E-state index contributed by atoms with van der Waals surface area (Å²) in [5, 5.41) is 14.0. The molecule has 7 heteroatoms. The lowest BCUT2D eigenvalue weighted by Gasteiger charge is -2.28. The van der Waals surface area contributed by atoms with Crippen molar-refractivity contribution in [1.82, 2.24) is 5.32 Å². The molecule has 210 valence electrons. The van der Waals surface area contributed by atoms with E-state index in [1.807, 2.05) is 18.2 Å². The molecule has 6 unspecified atom stereocenters. The van der Waals surface area contributed by atoms with Gasteiger partial charge in [0.05, 0.1) is 49.3 Å². The Bertz CT molecular complexity index is 939. The Balaban J connectivity index is 1.47. The SMILES string of the molecule is C=C1CC(C)CC2CC=C[C@@H](C/C=C\C(=O)NC(C(/C=C/C3CC(C)=CCO3)OC)C[C@@H]3O[C@H]3C(O)C1)O2. The number of hydrogen-bond acceptors (Lipinski definition) is 6. The predicted octanol–water partition coefficient (Wildman–Crippen LogP) is 4.33. The highest BCUT2D eigenvalue weighted by molar-refractivity contribution is 5.87. The molecule has 1 amide bonds. The second-order valence-electron chi connectivity index (χ2n) is 11.4. The predicted molar refractivity (Wildman–Crippen MR) is 148 cm³/mol. The van der Waals surface area contributed by atoms with E-state index in [9.17, 15) is 9.90 Å². The van der Waals surface area contributed by atoms with E-state index in [1.54, 1.807) is 13.2 Å². The highest BCUT2D eigenvalue weighted by Gasteiger charge is 2.46. The Kier molecular flexibility index (Phi) is 10.6. The summed E-state index contributed by atoms with van der Waals surface area (Å²) in [4.78, 5) is 12.9. The van der Waals surface area contributed by atoms with Gasteiger partial charge in [-0.1, -0.05) is 61.1 Å². The molecule has 0 aliphatic carbocycles. The van der Waals surface area contributed by atoms with Crippen molar-refractivity contribution in [2.45, 2.75) is 108 Å². The van der Waals surface area contributed by atoms with Crippen LogP contribution in [0.4, 0.5) is 0 Å². The summed E-state index contributed by atoms with van der Waals surface area (Å²) in [6.45, 7) is 9.16. The van der Waals surface area contributed by atoms with Crippen LogP contribution in [0.1, 0.15) is 58.8 Å². The molecule has 7 nitrogen and oxygen atoms in total. The number of aliphatic hydroxyl groups excluding tert-OH is 1. The average molecular weight is 528 g/mol. The molecule has 4 heterocycles. The van der Waals surface area contributed by atoms with Crippen LogP contribution in [0.25, 0.3) is 0 Å². The number of aliphatic hydroxyl groups is 1. The van der Waals surface area contributed by atoms with Crippen molar-refractivity contribution in [3.8, 4) is 0 Å². The lowest BCUT2D eigenvalue weighted by atomic mass is 9.90. The van der Waals surface area contributed by atoms with Crippen molar-refractivity contribution in [1.29, 1.82) is 0 Å². The standard InChI is InChI=1S/C31H45NO6/c1-20-13-14-36-24(16-20)11-12-28(35-4)26-19-29-31(38-29)27(33)18-22(3)15-21(2)17-25-9-5-7-23(37-25)8-6-10-30(34)32-26/h5-7,10-13,21,23-29,31,33H,3,8-9,14-19H2,1-2,4H3,(H,32,34)/b10-6-,12-11+/t21?,23-,24?,25?,26?,27?,28?,29-,31-/m0/s1. The van der Waals surface area contributed by atoms with Crippen molar-refractivity contribution in [3.05, 3.63) is 60.3 Å². The zero-order chi connectivity index (χ0) is 27.1. The molecule has 0 radical (unpaired) electrons. The smallest absolute Gasteiger partial charge is 0.243 e. The summed E-state index contributed by atoms with van der Waals surface area (Å²) in [5.74, 6) is 0.226. The molecule has 2 bridgehead atoms. The second kappa shape index (κ2) is 13.9. The molecule has 0 aromatic rings. The third-order valence-electron chi connectivity index (χ3n) is 7.82. The van der Waals surface area contributed by atoms with Gasteiger partial charge in [0, 0.05) is 7.11 Å². The van der Waals surface area contributed by atoms with Gasteiger partial charge >= 0.3 is 0 Å². The van der Waals surface area contributed by atoms with Gasteiger partial charge in [0.25, 0.3) is 0 Å². The van der Waals surface area contributed by atoms with Crippen LogP contribution in [0.15, 0.2) is 60.3 Å². The number of fused-ring (bicyclic) bond motifs is 3. The van der Waals surface area contributed by atoms with Crippen LogP contribution in [0, 0.1) is 5.92 Å². The van der Waals surface area contributed by atoms with Gasteiger partial charge in [0.15, 0.2) is 0 Å². The Hall–Kier alpha value is -2.03. The van der Waals surface area contributed by atoms with Gasteiger partial charge in [-0.15, -0.1) is 0 Å². The van der Waals surface area contributed by atoms with Gasteiger partial charge in [-0.05, 0) is 63.9 Å². The van der Waals surface area contributed by atoms with Crippen LogP contribution in [0.5, 0.6) is 0 Å². The molecule has 0 spiro atoms. The van der Waals surface area contributed by atoms with Crippen LogP contribution in [0.2, 0.25) is 0 Å². The molecule has 4 aliphatic rings. The van der Waals surface area contributed by atoms with Crippen LogP contribution >= 0.6 is 0 Å². The normalized spacial score (nSPS) is 38.9. The van der Waals surface area contributed by atoms with Crippen LogP contribution in [0.3, 0.4) is 0 Å². The third-order valence-corrected chi connectivity index (χ3v) is 7.82. The van der Waals surface area contributed by atoms with Crippen molar-refractivity contribution in [2.24, 2.45) is 5.92 Å². The molecule has 1 saturated heterocycles. The molecule has 38 heavy (non-hydrogen) atoms. The van der Waals surface area contributed by atoms with Crippen molar-refractivity contribution >= 4 is 5.91 Å². The van der Waals surface area contributed by atoms with Crippen molar-refractivity contribution in [2.75, 3.05) is 13.7 Å². The highest BCUT2D eigenvalue weighted by Crippen LogP contribution is 2.34. The zero-order valence-electron chi connectivity index (χ0n) is 23.1. The molecule has 4 aliphatic heterocycles. The number of rotatable bonds is 4. The summed E-state index contributed by atoms with van der Waals surface area (Å²) < 4.78 is 23.8. The first-order valence-corrected chi connectivity index (χ1v) is 14.1. The number of hydrogen-bond donors (Lipinski definition) is 2. The number of carbonyl (C=O) groups is 1. The maximum atomic E-state index is 12.9. The number of epoxide rings is 1. The van der Waals surface area contributed by atoms with E-state index in [1.165, 1.54) is 5.57 Å². The summed E-state index contributed by atoms with van der Waals surface area (Å²) in [6.07, 6.45) is 17.7. The molecule has 2 N–H and O–H groups in total. The van der Waals surface area contributed by atoms with E-state index in [-0.39, 0.29) is 48.6 Å². The van der Waals surface area contributed by atoms with Crippen LogP contribution in [-0.2, 0) is 23.7 Å². The first-order valence-electron chi connectivity index (χ1n) is 14.1. The summed E-state index contributed by atoms with van der Waals surface area (Å²) in [6, 6.07) is -0.326. The van der Waals surface area contributed by atoms with E-state index in [0.29, 0.717) is 31.8 Å². The Morgan fingerprint density at radius 2 is 2.03 bits per heavy atom. The molecule has 9 atom stereocenters. The topological polar surface area (TPSA) is 89.6 Å². The van der Waals surface area contributed by atoms with Crippen LogP contribution < -0.4 is 5.32 Å². The van der Waals surface area contributed by atoms with Gasteiger partial charge in [-0.3, -0.25) is 4.79 Å². The fraction of sp³-hybridized carbons (Fsp3) is 0.645. The Morgan fingerprint density at radius 3 is 2.82 bits per heavy atom. The van der Waals surface area contributed by atoms with E-state index >= 15 is 0 Å². The minimum absolute atomic E-state index is 0.0139. The van der Waals surface area contributed by atoms with E-state index < -0.39 is 6.10 Å². The molecule has 0 aromatic carbocycles. The minimum Gasteiger partial charge on any atom is -0.390 e. The number of ether oxygens (including phenoxy) is 4. The molecular weight excluding hydrogens is 482 g/mol. The maximum absolute atomic E-state index is 12.9. The minimum atomic E-state index is -0.616. The number of methoxy groups -OCH3 is 1. The molecular formula is C31H45NO6. The van der Waals surface area contributed by atoms with Gasteiger partial charge in [-0.25, -0.2) is 0 Å². The average Bonchev–Trinajstić information content (AvgIpc) is 3.63. The number of amides is 1. The van der Waals surface area contributed by atoms with Gasteiger partial charge < -0.3 is 29.4 Å². The van der Waals surface area contributed by atoms with Crippen LogP contribution in [-0.4, -0.2) is 73.5 Å². The van der Waals surface area contributed by atoms with Gasteiger partial charge in [0.1, 0.15) is 6.10 Å². The lowest BCUT2D eigenvalue weighted by molar-refractivity contribution is -0.118. The quantitative estimate of drug-likeness (QED) is 0.418. The summed E-state index contributed by atoms with van der Waals surface area (Å²) >= 11 is 0. The number of carbonyl (C=O) groups excluding carboxylic acids is 1. The van der Waals surface area contributed by atoms with Gasteiger partial charge in [-0.2, -0.15) is 0 Å². The Morgan fingerprint density at radius 1 is 1.18 bits per heavy atom. The van der Waals surface area contributed by atoms with Gasteiger partial charge in [0.2, 0.25) is 5.91 Å². The molecule has 1 fully saturated rings. The van der Waals surface area contributed by atoms with E-state index in [0.717, 1.165) is 31.3 Å². The Labute approximate surface area is 227 Å². The van der Waals surface area contributed by atoms with E-state index in [4.69, 9.17) is 18.9 Å². The summed E-state index contributed by atoms with van der Waals surface area (Å²) in [7, 11) is 1.64. The molecule has 0 saturated carbocycles. The summed E-state index contributed by atoms with van der Waals surface area (Å²) in [5.41, 5.74) is 2.34.